The fraction of sp³-hybridized carbons (Fsp3) is 0.917. The fourth-order valence-corrected chi connectivity index (χ4v) is 2.43. The van der Waals surface area contributed by atoms with E-state index in [1.807, 2.05) is 0 Å². The summed E-state index contributed by atoms with van der Waals surface area (Å²) in [4.78, 5) is 11.8. The first-order valence-corrected chi connectivity index (χ1v) is 5.90. The normalized spacial score (nSPS) is 35.3. The summed E-state index contributed by atoms with van der Waals surface area (Å²) in [5.74, 6) is 1.39. The van der Waals surface area contributed by atoms with Crippen molar-refractivity contribution in [3.05, 3.63) is 0 Å². The third-order valence-electron chi connectivity index (χ3n) is 3.78. The van der Waals surface area contributed by atoms with Crippen LogP contribution in [0.5, 0.6) is 0 Å². The molecular weight excluding hydrogens is 176 g/mol. The van der Waals surface area contributed by atoms with Crippen molar-refractivity contribution in [2.24, 2.45) is 17.8 Å². The van der Waals surface area contributed by atoms with Gasteiger partial charge < -0.3 is 5.11 Å². The van der Waals surface area contributed by atoms with Gasteiger partial charge in [0.25, 0.3) is 0 Å². The van der Waals surface area contributed by atoms with E-state index in [2.05, 4.69) is 6.92 Å². The van der Waals surface area contributed by atoms with Crippen molar-refractivity contribution in [3.8, 4) is 0 Å². The Balaban J connectivity index is 1.84. The summed E-state index contributed by atoms with van der Waals surface area (Å²) in [6.07, 6.45) is 5.80. The molecular formula is C12H20O2. The number of aliphatic hydroxyl groups excluding tert-OH is 1. The molecule has 14 heavy (non-hydrogen) atoms. The van der Waals surface area contributed by atoms with Crippen molar-refractivity contribution in [1.82, 2.24) is 0 Å². The van der Waals surface area contributed by atoms with Crippen LogP contribution >= 0.6 is 0 Å². The van der Waals surface area contributed by atoms with Crippen LogP contribution in [-0.2, 0) is 4.79 Å². The third kappa shape index (κ3) is 2.17. The van der Waals surface area contributed by atoms with E-state index in [0.29, 0.717) is 5.92 Å². The van der Waals surface area contributed by atoms with Gasteiger partial charge in [-0.3, -0.25) is 4.79 Å². The number of hydrogen-bond donors (Lipinski definition) is 1. The molecule has 0 bridgehead atoms. The molecule has 0 amide bonds. The van der Waals surface area contributed by atoms with E-state index in [1.165, 1.54) is 0 Å². The first-order chi connectivity index (χ1) is 6.68. The first kappa shape index (κ1) is 10.2. The van der Waals surface area contributed by atoms with Crippen LogP contribution in [0, 0.1) is 17.8 Å². The summed E-state index contributed by atoms with van der Waals surface area (Å²) in [6, 6.07) is 0. The molecule has 2 fully saturated rings. The highest BCUT2D eigenvalue weighted by Gasteiger charge is 2.38. The van der Waals surface area contributed by atoms with Crippen LogP contribution < -0.4 is 0 Å². The van der Waals surface area contributed by atoms with Gasteiger partial charge in [0.1, 0.15) is 6.10 Å². The molecule has 1 unspecified atom stereocenters. The van der Waals surface area contributed by atoms with Crippen LogP contribution in [-0.4, -0.2) is 17.0 Å². The summed E-state index contributed by atoms with van der Waals surface area (Å²) in [5, 5.41) is 9.73. The molecule has 0 spiro atoms. The van der Waals surface area contributed by atoms with E-state index < -0.39 is 6.10 Å². The lowest BCUT2D eigenvalue weighted by Gasteiger charge is -2.26. The van der Waals surface area contributed by atoms with Crippen LogP contribution in [0.2, 0.25) is 0 Å². The number of Topliss-reactive ketones (excluding diaryl/α,β-unsaturated/α-hetero) is 1. The molecule has 2 aliphatic carbocycles. The van der Waals surface area contributed by atoms with Crippen LogP contribution in [0.4, 0.5) is 0 Å². The Morgan fingerprint density at radius 3 is 2.21 bits per heavy atom. The molecule has 1 atom stereocenters. The second-order valence-corrected chi connectivity index (χ2v) is 5.14. The van der Waals surface area contributed by atoms with Gasteiger partial charge in [0.15, 0.2) is 5.78 Å². The summed E-state index contributed by atoms with van der Waals surface area (Å²) in [6.45, 7) is 2.25. The van der Waals surface area contributed by atoms with Crippen molar-refractivity contribution in [2.45, 2.75) is 51.6 Å². The van der Waals surface area contributed by atoms with E-state index in [-0.39, 0.29) is 11.7 Å². The molecule has 1 N–H and O–H groups in total. The van der Waals surface area contributed by atoms with Gasteiger partial charge in [-0.05, 0) is 37.5 Å². The van der Waals surface area contributed by atoms with Gasteiger partial charge in [0.2, 0.25) is 0 Å². The molecule has 0 saturated heterocycles. The first-order valence-electron chi connectivity index (χ1n) is 5.90. The standard InChI is InChI=1S/C12H20O2/c1-8-2-4-9(5-3-8)11(13)12(14)10-6-7-10/h8-10,12,14H,2-7H2,1H3. The molecule has 0 aromatic rings. The SMILES string of the molecule is CC1CCC(C(=O)C(O)C2CC2)CC1. The summed E-state index contributed by atoms with van der Waals surface area (Å²) in [5.41, 5.74) is 0. The monoisotopic (exact) mass is 196 g/mol. The molecule has 2 saturated carbocycles. The van der Waals surface area contributed by atoms with E-state index in [0.717, 1.165) is 44.4 Å². The van der Waals surface area contributed by atoms with E-state index in [1.54, 1.807) is 0 Å². The van der Waals surface area contributed by atoms with E-state index in [9.17, 15) is 9.90 Å². The van der Waals surface area contributed by atoms with Gasteiger partial charge in [0.05, 0.1) is 0 Å². The minimum absolute atomic E-state index is 0.138. The predicted molar refractivity (Wildman–Crippen MR) is 54.9 cm³/mol. The number of hydrogen-bond acceptors (Lipinski definition) is 2. The maximum atomic E-state index is 11.8. The summed E-state index contributed by atoms with van der Waals surface area (Å²) in [7, 11) is 0. The molecule has 0 aliphatic heterocycles. The Bertz CT molecular complexity index is 212. The Hall–Kier alpha value is -0.370. The third-order valence-corrected chi connectivity index (χ3v) is 3.78. The van der Waals surface area contributed by atoms with E-state index >= 15 is 0 Å². The lowest BCUT2D eigenvalue weighted by Crippen LogP contribution is -2.32. The molecule has 80 valence electrons. The zero-order chi connectivity index (χ0) is 10.1. The molecule has 2 aliphatic rings. The van der Waals surface area contributed by atoms with Crippen molar-refractivity contribution < 1.29 is 9.90 Å². The topological polar surface area (TPSA) is 37.3 Å². The highest BCUT2D eigenvalue weighted by Crippen LogP contribution is 2.37. The summed E-state index contributed by atoms with van der Waals surface area (Å²) < 4.78 is 0. The zero-order valence-corrected chi connectivity index (χ0v) is 8.91. The second kappa shape index (κ2) is 4.01. The van der Waals surface area contributed by atoms with Crippen LogP contribution in [0.3, 0.4) is 0 Å². The fourth-order valence-electron chi connectivity index (χ4n) is 2.43. The van der Waals surface area contributed by atoms with Crippen molar-refractivity contribution >= 4 is 5.78 Å². The Morgan fingerprint density at radius 1 is 1.14 bits per heavy atom. The van der Waals surface area contributed by atoms with Gasteiger partial charge in [-0.25, -0.2) is 0 Å². The van der Waals surface area contributed by atoms with Crippen molar-refractivity contribution in [2.75, 3.05) is 0 Å². The Labute approximate surface area is 85.7 Å². The molecule has 0 aromatic heterocycles. The predicted octanol–water partition coefficient (Wildman–Crippen LogP) is 2.15. The molecule has 2 nitrogen and oxygen atoms in total. The van der Waals surface area contributed by atoms with Gasteiger partial charge in [-0.15, -0.1) is 0 Å². The number of carbonyl (C=O) groups excluding carboxylic acids is 1. The van der Waals surface area contributed by atoms with Gasteiger partial charge in [-0.1, -0.05) is 19.8 Å². The van der Waals surface area contributed by atoms with E-state index in [4.69, 9.17) is 0 Å². The number of rotatable bonds is 3. The van der Waals surface area contributed by atoms with Gasteiger partial charge in [-0.2, -0.15) is 0 Å². The minimum atomic E-state index is -0.631. The molecule has 2 heteroatoms. The van der Waals surface area contributed by atoms with Crippen LogP contribution in [0.15, 0.2) is 0 Å². The summed E-state index contributed by atoms with van der Waals surface area (Å²) >= 11 is 0. The number of ketones is 1. The Kier molecular flexibility index (Phi) is 2.91. The lowest BCUT2D eigenvalue weighted by molar-refractivity contribution is -0.133. The highest BCUT2D eigenvalue weighted by molar-refractivity contribution is 5.85. The van der Waals surface area contributed by atoms with Crippen LogP contribution in [0.25, 0.3) is 0 Å². The number of carbonyl (C=O) groups is 1. The maximum Gasteiger partial charge on any atom is 0.164 e. The second-order valence-electron chi connectivity index (χ2n) is 5.14. The number of aliphatic hydroxyl groups is 1. The molecule has 0 heterocycles. The van der Waals surface area contributed by atoms with Crippen molar-refractivity contribution in [1.29, 1.82) is 0 Å². The average Bonchev–Trinajstić information content (AvgIpc) is 3.00. The van der Waals surface area contributed by atoms with Crippen LogP contribution in [0.1, 0.15) is 45.4 Å². The molecule has 0 aromatic carbocycles. The zero-order valence-electron chi connectivity index (χ0n) is 8.91. The van der Waals surface area contributed by atoms with Gasteiger partial charge in [0, 0.05) is 5.92 Å². The smallest absolute Gasteiger partial charge is 0.164 e. The lowest BCUT2D eigenvalue weighted by atomic mass is 9.79. The Morgan fingerprint density at radius 2 is 1.71 bits per heavy atom. The minimum Gasteiger partial charge on any atom is -0.385 e. The average molecular weight is 196 g/mol. The maximum absolute atomic E-state index is 11.8. The molecule has 2 rings (SSSR count). The van der Waals surface area contributed by atoms with Crippen molar-refractivity contribution in [3.63, 3.8) is 0 Å². The largest absolute Gasteiger partial charge is 0.385 e. The quantitative estimate of drug-likeness (QED) is 0.751. The highest BCUT2D eigenvalue weighted by atomic mass is 16.3. The van der Waals surface area contributed by atoms with Gasteiger partial charge >= 0.3 is 0 Å². The molecule has 0 radical (unpaired) electrons.